The van der Waals surface area contributed by atoms with Gasteiger partial charge in [-0.2, -0.15) is 0 Å². The minimum Gasteiger partial charge on any atom is -0.244 e. The lowest BCUT2D eigenvalue weighted by Crippen LogP contribution is -1.97. The van der Waals surface area contributed by atoms with Gasteiger partial charge in [0.2, 0.25) is 0 Å². The van der Waals surface area contributed by atoms with Crippen molar-refractivity contribution in [2.45, 2.75) is 0 Å². The van der Waals surface area contributed by atoms with Crippen molar-refractivity contribution in [2.75, 3.05) is 0 Å². The fourth-order valence-electron chi connectivity index (χ4n) is 5.04. The van der Waals surface area contributed by atoms with Crippen molar-refractivity contribution in [2.24, 2.45) is 0 Å². The monoisotopic (exact) mass is 485 g/mol. The van der Waals surface area contributed by atoms with Gasteiger partial charge in [0.15, 0.2) is 5.82 Å². The molecule has 0 fully saturated rings. The van der Waals surface area contributed by atoms with Crippen molar-refractivity contribution in [3.8, 4) is 45.0 Å². The number of benzene rings is 5. The third kappa shape index (κ3) is 4.00. The summed E-state index contributed by atoms with van der Waals surface area (Å²) >= 11 is 0. The number of rotatable bonds is 4. The highest BCUT2D eigenvalue weighted by atomic mass is 14.9. The second-order valence-corrected chi connectivity index (χ2v) is 9.29. The predicted molar refractivity (Wildman–Crippen MR) is 157 cm³/mol. The van der Waals surface area contributed by atoms with Crippen LogP contribution in [0.15, 0.2) is 140 Å². The van der Waals surface area contributed by atoms with Crippen LogP contribution in [0, 0.1) is 0 Å². The molecule has 0 N–H and O–H groups in total. The molecule has 0 atom stereocenters. The van der Waals surface area contributed by atoms with Gasteiger partial charge < -0.3 is 0 Å². The van der Waals surface area contributed by atoms with Crippen LogP contribution >= 0.6 is 0 Å². The van der Waals surface area contributed by atoms with Crippen LogP contribution in [-0.4, -0.2) is 15.0 Å². The van der Waals surface area contributed by atoms with Crippen LogP contribution in [0.5, 0.6) is 0 Å². The normalized spacial score (nSPS) is 11.2. The molecule has 3 nitrogen and oxygen atoms in total. The molecule has 178 valence electrons. The Morgan fingerprint density at radius 3 is 1.84 bits per heavy atom. The first-order valence-electron chi connectivity index (χ1n) is 12.7. The Morgan fingerprint density at radius 1 is 0.368 bits per heavy atom. The maximum absolute atomic E-state index is 5.09. The predicted octanol–water partition coefficient (Wildman–Crippen LogP) is 8.85. The van der Waals surface area contributed by atoms with Gasteiger partial charge in [-0.05, 0) is 52.6 Å². The topological polar surface area (TPSA) is 38.7 Å². The summed E-state index contributed by atoms with van der Waals surface area (Å²) < 4.78 is 0. The molecule has 0 radical (unpaired) electrons. The molecule has 0 aliphatic heterocycles. The number of fused-ring (bicyclic) bond motifs is 2. The van der Waals surface area contributed by atoms with Crippen molar-refractivity contribution in [3.63, 3.8) is 0 Å². The zero-order valence-corrected chi connectivity index (χ0v) is 20.6. The zero-order chi connectivity index (χ0) is 25.3. The van der Waals surface area contributed by atoms with E-state index < -0.39 is 0 Å². The number of nitrogens with zero attached hydrogens (tertiary/aromatic N) is 3. The maximum atomic E-state index is 5.09. The van der Waals surface area contributed by atoms with Gasteiger partial charge in [0.1, 0.15) is 5.69 Å². The number of hydrogen-bond acceptors (Lipinski definition) is 3. The molecular formula is C35H23N3. The van der Waals surface area contributed by atoms with E-state index in [0.717, 1.165) is 44.3 Å². The molecule has 0 bridgehead atoms. The van der Waals surface area contributed by atoms with E-state index in [0.29, 0.717) is 5.82 Å². The minimum atomic E-state index is 0.621. The Labute approximate surface area is 221 Å². The van der Waals surface area contributed by atoms with E-state index in [-0.39, 0.29) is 0 Å². The van der Waals surface area contributed by atoms with Crippen LogP contribution in [0.25, 0.3) is 66.8 Å². The Hall–Kier alpha value is -5.15. The number of hydrogen-bond donors (Lipinski definition) is 0. The molecule has 2 heterocycles. The van der Waals surface area contributed by atoms with Gasteiger partial charge in [0, 0.05) is 16.3 Å². The van der Waals surface area contributed by atoms with Crippen molar-refractivity contribution in [1.82, 2.24) is 15.0 Å². The molecule has 38 heavy (non-hydrogen) atoms. The smallest absolute Gasteiger partial charge is 0.179 e. The van der Waals surface area contributed by atoms with E-state index in [2.05, 4.69) is 103 Å². The van der Waals surface area contributed by atoms with E-state index in [4.69, 9.17) is 15.0 Å². The second kappa shape index (κ2) is 9.38. The number of pyridine rings is 1. The van der Waals surface area contributed by atoms with E-state index in [1.165, 1.54) is 16.7 Å². The first-order valence-corrected chi connectivity index (χ1v) is 12.7. The Morgan fingerprint density at radius 2 is 1.00 bits per heavy atom. The first kappa shape index (κ1) is 22.1. The van der Waals surface area contributed by atoms with Crippen molar-refractivity contribution < 1.29 is 0 Å². The quantitative estimate of drug-likeness (QED) is 0.250. The lowest BCUT2D eigenvalue weighted by molar-refractivity contribution is 1.19. The highest BCUT2D eigenvalue weighted by Gasteiger charge is 2.14. The number of aromatic nitrogens is 3. The molecule has 0 saturated heterocycles. The molecular weight excluding hydrogens is 462 g/mol. The number of para-hydroxylation sites is 1. The van der Waals surface area contributed by atoms with Crippen LogP contribution in [0.4, 0.5) is 0 Å². The molecule has 0 unspecified atom stereocenters. The van der Waals surface area contributed by atoms with E-state index >= 15 is 0 Å². The van der Waals surface area contributed by atoms with E-state index in [1.807, 2.05) is 36.4 Å². The highest BCUT2D eigenvalue weighted by molar-refractivity contribution is 5.97. The Kier molecular flexibility index (Phi) is 5.45. The molecule has 7 rings (SSSR count). The minimum absolute atomic E-state index is 0.621. The van der Waals surface area contributed by atoms with Crippen LogP contribution in [0.3, 0.4) is 0 Å². The summed E-state index contributed by atoms with van der Waals surface area (Å²) in [5.74, 6) is 0.621. The lowest BCUT2D eigenvalue weighted by Gasteiger charge is -2.11. The van der Waals surface area contributed by atoms with Crippen LogP contribution in [0.1, 0.15) is 0 Å². The lowest BCUT2D eigenvalue weighted by atomic mass is 9.99. The van der Waals surface area contributed by atoms with Crippen molar-refractivity contribution in [1.29, 1.82) is 0 Å². The molecule has 3 heteroatoms. The van der Waals surface area contributed by atoms with E-state index in [1.54, 1.807) is 0 Å². The SMILES string of the molecule is c1ccc(-c2cccc(-c3nc(-c4ccc5c(-c6ccccc6)cccc5n4)nc4ccccc34)c2)cc1. The average Bonchev–Trinajstić information content (AvgIpc) is 3.01. The summed E-state index contributed by atoms with van der Waals surface area (Å²) in [6, 6.07) is 48.0. The Bertz CT molecular complexity index is 1910. The molecule has 0 aliphatic rings. The summed E-state index contributed by atoms with van der Waals surface area (Å²) in [6.07, 6.45) is 0. The third-order valence-corrected chi connectivity index (χ3v) is 6.89. The van der Waals surface area contributed by atoms with Crippen LogP contribution in [0.2, 0.25) is 0 Å². The summed E-state index contributed by atoms with van der Waals surface area (Å²) in [7, 11) is 0. The fraction of sp³-hybridized carbons (Fsp3) is 0. The van der Waals surface area contributed by atoms with Gasteiger partial charge in [-0.25, -0.2) is 15.0 Å². The average molecular weight is 486 g/mol. The van der Waals surface area contributed by atoms with Crippen LogP contribution < -0.4 is 0 Å². The summed E-state index contributed by atoms with van der Waals surface area (Å²) in [6.45, 7) is 0. The zero-order valence-electron chi connectivity index (χ0n) is 20.6. The molecule has 0 saturated carbocycles. The van der Waals surface area contributed by atoms with Crippen molar-refractivity contribution >= 4 is 21.8 Å². The fourth-order valence-corrected chi connectivity index (χ4v) is 5.04. The van der Waals surface area contributed by atoms with Gasteiger partial charge in [-0.1, -0.05) is 109 Å². The molecule has 0 aliphatic carbocycles. The third-order valence-electron chi connectivity index (χ3n) is 6.89. The second-order valence-electron chi connectivity index (χ2n) is 9.29. The molecule has 2 aromatic heterocycles. The van der Waals surface area contributed by atoms with Crippen LogP contribution in [-0.2, 0) is 0 Å². The highest BCUT2D eigenvalue weighted by Crippen LogP contribution is 2.33. The molecule has 0 spiro atoms. The summed E-state index contributed by atoms with van der Waals surface area (Å²) in [5, 5.41) is 2.13. The molecule has 0 amide bonds. The Balaban J connectivity index is 1.38. The van der Waals surface area contributed by atoms with Crippen molar-refractivity contribution in [3.05, 3.63) is 140 Å². The summed E-state index contributed by atoms with van der Waals surface area (Å²) in [5.41, 5.74) is 9.22. The van der Waals surface area contributed by atoms with E-state index in [9.17, 15) is 0 Å². The van der Waals surface area contributed by atoms with Gasteiger partial charge in [-0.3, -0.25) is 0 Å². The molecule has 7 aromatic rings. The van der Waals surface area contributed by atoms with Gasteiger partial charge in [0.05, 0.1) is 16.7 Å². The summed E-state index contributed by atoms with van der Waals surface area (Å²) in [4.78, 5) is 15.0. The maximum Gasteiger partial charge on any atom is 0.179 e. The van der Waals surface area contributed by atoms with Gasteiger partial charge in [0.25, 0.3) is 0 Å². The largest absolute Gasteiger partial charge is 0.244 e. The standard InChI is InChI=1S/C35H23N3/c1-3-11-24(12-4-1)26-15-9-16-27(23-26)34-30-17-7-8-19-32(30)37-35(38-34)33-22-21-29-28(18-10-20-31(29)36-33)25-13-5-2-6-14-25/h1-23H. The van der Waals surface area contributed by atoms with Gasteiger partial charge in [-0.15, -0.1) is 0 Å². The van der Waals surface area contributed by atoms with Gasteiger partial charge >= 0.3 is 0 Å². The molecule has 5 aromatic carbocycles. The first-order chi connectivity index (χ1) is 18.8.